The van der Waals surface area contributed by atoms with Gasteiger partial charge in [0.25, 0.3) is 0 Å². The minimum Gasteiger partial charge on any atom is -0.441 e. The highest BCUT2D eigenvalue weighted by Gasteiger charge is 2.22. The van der Waals surface area contributed by atoms with Crippen LogP contribution < -0.4 is 5.32 Å². The van der Waals surface area contributed by atoms with Crippen molar-refractivity contribution in [1.82, 2.24) is 5.32 Å². The molecule has 1 N–H and O–H groups in total. The third-order valence-corrected chi connectivity index (χ3v) is 1.16. The van der Waals surface area contributed by atoms with E-state index >= 15 is 0 Å². The van der Waals surface area contributed by atoms with Crippen molar-refractivity contribution < 1.29 is 14.3 Å². The van der Waals surface area contributed by atoms with Gasteiger partial charge >= 0.3 is 6.09 Å². The fourth-order valence-electron chi connectivity index (χ4n) is 0.561. The van der Waals surface area contributed by atoms with Crippen LogP contribution in [0.25, 0.3) is 0 Å². The van der Waals surface area contributed by atoms with Gasteiger partial charge in [-0.3, -0.25) is 4.79 Å². The predicted molar refractivity (Wildman–Crippen MR) is 29.0 cm³/mol. The van der Waals surface area contributed by atoms with Gasteiger partial charge in [0.1, 0.15) is 0 Å². The van der Waals surface area contributed by atoms with Crippen LogP contribution >= 0.6 is 0 Å². The number of nitrogens with one attached hydrogen (secondary N) is 1. The standard InChI is InChI=1S/C5H7NO3/c1-3-4(7)2-9-5(8)6-3/h3H,2H2,1H3,(H,6,8)/t3-/m0/s1. The molecule has 4 heteroatoms. The second-order valence-electron chi connectivity index (χ2n) is 1.91. The third-order valence-electron chi connectivity index (χ3n) is 1.16. The Bertz CT molecular complexity index is 154. The van der Waals surface area contributed by atoms with E-state index in [9.17, 15) is 9.59 Å². The van der Waals surface area contributed by atoms with Crippen LogP contribution in [0.1, 0.15) is 6.92 Å². The molecule has 0 bridgehead atoms. The molecule has 4 nitrogen and oxygen atoms in total. The van der Waals surface area contributed by atoms with Gasteiger partial charge in [-0.15, -0.1) is 0 Å². The van der Waals surface area contributed by atoms with Crippen molar-refractivity contribution in [2.75, 3.05) is 6.61 Å². The van der Waals surface area contributed by atoms with Crippen molar-refractivity contribution in [3.8, 4) is 0 Å². The first-order chi connectivity index (χ1) is 4.20. The van der Waals surface area contributed by atoms with Gasteiger partial charge in [-0.2, -0.15) is 0 Å². The molecule has 0 spiro atoms. The molecule has 0 aromatic rings. The van der Waals surface area contributed by atoms with E-state index in [1.807, 2.05) is 0 Å². The van der Waals surface area contributed by atoms with Crippen LogP contribution in [0.15, 0.2) is 0 Å². The molecule has 1 aliphatic rings. The molecule has 0 saturated carbocycles. The second kappa shape index (κ2) is 2.05. The number of ether oxygens (including phenoxy) is 1. The Kier molecular flexibility index (Phi) is 1.38. The number of cyclic esters (lactones) is 1. The molecule has 0 aromatic heterocycles. The average Bonchev–Trinajstić information content (AvgIpc) is 1.80. The topological polar surface area (TPSA) is 55.4 Å². The van der Waals surface area contributed by atoms with Crippen molar-refractivity contribution in [2.24, 2.45) is 0 Å². The summed E-state index contributed by atoms with van der Waals surface area (Å²) in [7, 11) is 0. The van der Waals surface area contributed by atoms with E-state index in [0.717, 1.165) is 0 Å². The number of carbonyl (C=O) groups excluding carboxylic acids is 2. The van der Waals surface area contributed by atoms with E-state index in [1.165, 1.54) is 0 Å². The Hall–Kier alpha value is -1.06. The van der Waals surface area contributed by atoms with E-state index in [1.54, 1.807) is 6.92 Å². The minimum absolute atomic E-state index is 0.0883. The highest BCUT2D eigenvalue weighted by molar-refractivity contribution is 5.91. The normalized spacial score (nSPS) is 27.0. The fraction of sp³-hybridized carbons (Fsp3) is 0.600. The van der Waals surface area contributed by atoms with E-state index in [4.69, 9.17) is 0 Å². The molecule has 9 heavy (non-hydrogen) atoms. The summed E-state index contributed by atoms with van der Waals surface area (Å²) in [6.45, 7) is 1.54. The molecular weight excluding hydrogens is 122 g/mol. The number of ketones is 1. The Morgan fingerprint density at radius 2 is 2.33 bits per heavy atom. The van der Waals surface area contributed by atoms with Gasteiger partial charge in [0.05, 0.1) is 6.04 Å². The Balaban J connectivity index is 2.54. The maximum absolute atomic E-state index is 10.6. The SMILES string of the molecule is C[C@@H]1NC(=O)OCC1=O. The summed E-state index contributed by atoms with van der Waals surface area (Å²) in [6.07, 6.45) is -0.512. The van der Waals surface area contributed by atoms with Gasteiger partial charge in [-0.1, -0.05) is 0 Å². The number of rotatable bonds is 0. The summed E-state index contributed by atoms with van der Waals surface area (Å²) in [5.41, 5.74) is 0. The summed E-state index contributed by atoms with van der Waals surface area (Å²) in [5, 5.41) is 2.32. The zero-order valence-electron chi connectivity index (χ0n) is 5.01. The number of hydrogen-bond acceptors (Lipinski definition) is 3. The molecule has 1 fully saturated rings. The third kappa shape index (κ3) is 1.19. The molecule has 1 rings (SSSR count). The van der Waals surface area contributed by atoms with E-state index in [0.29, 0.717) is 0 Å². The molecule has 1 amide bonds. The van der Waals surface area contributed by atoms with Crippen LogP contribution in [0.4, 0.5) is 4.79 Å². The molecule has 1 aliphatic heterocycles. The summed E-state index contributed by atoms with van der Waals surface area (Å²) >= 11 is 0. The number of amides is 1. The molecule has 0 aliphatic carbocycles. The number of hydrogen-bond donors (Lipinski definition) is 1. The number of carbonyl (C=O) groups is 2. The second-order valence-corrected chi connectivity index (χ2v) is 1.91. The lowest BCUT2D eigenvalue weighted by atomic mass is 10.2. The Labute approximate surface area is 52.2 Å². The van der Waals surface area contributed by atoms with Crippen LogP contribution in [-0.2, 0) is 9.53 Å². The lowest BCUT2D eigenvalue weighted by Crippen LogP contribution is -2.46. The highest BCUT2D eigenvalue weighted by atomic mass is 16.6. The maximum atomic E-state index is 10.6. The lowest BCUT2D eigenvalue weighted by molar-refractivity contribution is -0.125. The molecule has 0 aromatic carbocycles. The zero-order chi connectivity index (χ0) is 6.85. The molecule has 1 saturated heterocycles. The molecular formula is C5H7NO3. The van der Waals surface area contributed by atoms with Gasteiger partial charge in [-0.05, 0) is 6.92 Å². The van der Waals surface area contributed by atoms with E-state index in [2.05, 4.69) is 10.1 Å². The van der Waals surface area contributed by atoms with Crippen molar-refractivity contribution in [3.63, 3.8) is 0 Å². The smallest absolute Gasteiger partial charge is 0.408 e. The van der Waals surface area contributed by atoms with Crippen LogP contribution in [0.5, 0.6) is 0 Å². The van der Waals surface area contributed by atoms with Crippen molar-refractivity contribution in [2.45, 2.75) is 13.0 Å². The molecule has 1 heterocycles. The summed E-state index contributed by atoms with van der Waals surface area (Å²) < 4.78 is 4.36. The first kappa shape index (κ1) is 6.07. The molecule has 0 unspecified atom stereocenters. The Morgan fingerprint density at radius 3 is 2.78 bits per heavy atom. The highest BCUT2D eigenvalue weighted by Crippen LogP contribution is 1.94. The largest absolute Gasteiger partial charge is 0.441 e. The quantitative estimate of drug-likeness (QED) is 0.487. The number of Topliss-reactive ketones (excluding diaryl/α,β-unsaturated/α-hetero) is 1. The van der Waals surface area contributed by atoms with Gasteiger partial charge in [0.2, 0.25) is 0 Å². The lowest BCUT2D eigenvalue weighted by Gasteiger charge is -2.17. The van der Waals surface area contributed by atoms with E-state index < -0.39 is 6.09 Å². The van der Waals surface area contributed by atoms with Gasteiger partial charge in [-0.25, -0.2) is 4.79 Å². The van der Waals surface area contributed by atoms with Crippen LogP contribution in [0.3, 0.4) is 0 Å². The first-order valence-corrected chi connectivity index (χ1v) is 2.66. The van der Waals surface area contributed by atoms with Crippen molar-refractivity contribution in [3.05, 3.63) is 0 Å². The van der Waals surface area contributed by atoms with Crippen LogP contribution in [0, 0.1) is 0 Å². The maximum Gasteiger partial charge on any atom is 0.408 e. The summed E-state index contributed by atoms with van der Waals surface area (Å²) in [5.74, 6) is -0.0883. The van der Waals surface area contributed by atoms with Crippen molar-refractivity contribution >= 4 is 11.9 Å². The average molecular weight is 129 g/mol. The fourth-order valence-corrected chi connectivity index (χ4v) is 0.561. The summed E-state index contributed by atoms with van der Waals surface area (Å²) in [4.78, 5) is 20.9. The minimum atomic E-state index is -0.512. The summed E-state index contributed by atoms with van der Waals surface area (Å²) in [6, 6.07) is -0.383. The Morgan fingerprint density at radius 1 is 1.67 bits per heavy atom. The van der Waals surface area contributed by atoms with Crippen LogP contribution in [-0.4, -0.2) is 24.5 Å². The molecule has 50 valence electrons. The van der Waals surface area contributed by atoms with Crippen molar-refractivity contribution in [1.29, 1.82) is 0 Å². The van der Waals surface area contributed by atoms with E-state index in [-0.39, 0.29) is 18.4 Å². The van der Waals surface area contributed by atoms with Gasteiger partial charge in [0.15, 0.2) is 12.4 Å². The predicted octanol–water partition coefficient (Wildman–Crippen LogP) is -0.316. The molecule has 1 atom stereocenters. The first-order valence-electron chi connectivity index (χ1n) is 2.66. The number of alkyl carbamates (subject to hydrolysis) is 1. The van der Waals surface area contributed by atoms with Gasteiger partial charge < -0.3 is 10.1 Å². The zero-order valence-corrected chi connectivity index (χ0v) is 5.01. The molecule has 0 radical (unpaired) electrons. The van der Waals surface area contributed by atoms with Gasteiger partial charge in [0, 0.05) is 0 Å². The monoisotopic (exact) mass is 129 g/mol. The van der Waals surface area contributed by atoms with Crippen LogP contribution in [0.2, 0.25) is 0 Å².